The van der Waals surface area contributed by atoms with Gasteiger partial charge in [0.15, 0.2) is 0 Å². The Morgan fingerprint density at radius 3 is 2.68 bits per heavy atom. The molecular weight excluding hydrogens is 343 g/mol. The van der Waals surface area contributed by atoms with Crippen molar-refractivity contribution in [2.45, 2.75) is 31.1 Å². The number of amides is 2. The van der Waals surface area contributed by atoms with E-state index < -0.39 is 31.2 Å². The minimum atomic E-state index is -2.77. The van der Waals surface area contributed by atoms with Crippen molar-refractivity contribution < 1.29 is 23.4 Å². The fourth-order valence-corrected chi connectivity index (χ4v) is 4.41. The lowest BCUT2D eigenvalue weighted by molar-refractivity contribution is -0.118. The average Bonchev–Trinajstić information content (AvgIpc) is 3.27. The van der Waals surface area contributed by atoms with Crippen molar-refractivity contribution >= 4 is 20.0 Å². The molecule has 0 aliphatic heterocycles. The van der Waals surface area contributed by atoms with E-state index in [1.165, 1.54) is 0 Å². The van der Waals surface area contributed by atoms with Gasteiger partial charge in [0.05, 0.1) is 12.1 Å². The number of rotatable bonds is 9. The third-order valence-electron chi connectivity index (χ3n) is 4.21. The molecule has 0 bridgehead atoms. The molecule has 0 aromatic heterocycles. The van der Waals surface area contributed by atoms with E-state index in [0.29, 0.717) is 6.42 Å². The van der Waals surface area contributed by atoms with E-state index >= 15 is 0 Å². The van der Waals surface area contributed by atoms with Crippen LogP contribution in [0.1, 0.15) is 18.9 Å². The van der Waals surface area contributed by atoms with E-state index in [-0.39, 0.29) is 19.1 Å². The number of benzene rings is 1. The highest BCUT2D eigenvalue weighted by Gasteiger charge is 2.63. The lowest BCUT2D eigenvalue weighted by Crippen LogP contribution is -2.51. The standard InChI is InChI=1S/C17H23N2O5P/c1-3-13-10-17(13,14(15(18)20)25(22)24-4-2)19-16(21)23-11-12-8-6-5-7-9-12/h3,5-9,13-14,25H,1,4,10-11H2,2H3,(H2,18,20)(H,19,21). The van der Waals surface area contributed by atoms with Crippen molar-refractivity contribution in [3.05, 3.63) is 48.6 Å². The summed E-state index contributed by atoms with van der Waals surface area (Å²) in [4.78, 5) is 24.1. The Kier molecular flexibility index (Phi) is 6.39. The van der Waals surface area contributed by atoms with E-state index in [1.807, 2.05) is 30.3 Å². The van der Waals surface area contributed by atoms with Crippen LogP contribution in [-0.4, -0.2) is 29.8 Å². The highest BCUT2D eigenvalue weighted by Crippen LogP contribution is 2.54. The quantitative estimate of drug-likeness (QED) is 0.515. The summed E-state index contributed by atoms with van der Waals surface area (Å²) < 4.78 is 22.6. The molecule has 1 aliphatic rings. The fraction of sp³-hybridized carbons (Fsp3) is 0.412. The zero-order chi connectivity index (χ0) is 18.4. The summed E-state index contributed by atoms with van der Waals surface area (Å²) in [5.74, 6) is -0.992. The minimum Gasteiger partial charge on any atom is -0.445 e. The van der Waals surface area contributed by atoms with Crippen LogP contribution in [0.2, 0.25) is 0 Å². The molecule has 25 heavy (non-hydrogen) atoms. The number of hydrogen-bond donors (Lipinski definition) is 2. The van der Waals surface area contributed by atoms with Gasteiger partial charge in [-0.05, 0) is 18.9 Å². The number of nitrogens with two attached hydrogens (primary N) is 1. The van der Waals surface area contributed by atoms with Gasteiger partial charge in [0.25, 0.3) is 0 Å². The van der Waals surface area contributed by atoms with Gasteiger partial charge in [0.1, 0.15) is 12.3 Å². The van der Waals surface area contributed by atoms with Crippen LogP contribution in [0.4, 0.5) is 4.79 Å². The number of ether oxygens (including phenoxy) is 1. The summed E-state index contributed by atoms with van der Waals surface area (Å²) in [6.07, 6.45) is 1.31. The Balaban J connectivity index is 2.08. The Morgan fingerprint density at radius 2 is 2.16 bits per heavy atom. The highest BCUT2D eigenvalue weighted by atomic mass is 31.1. The summed E-state index contributed by atoms with van der Waals surface area (Å²) in [5.41, 5.74) is 4.09. The Bertz CT molecular complexity index is 666. The maximum atomic E-state index is 12.3. The SMILES string of the molecule is C=CC1CC1(NC(=O)OCc1ccccc1)C(C(N)=O)[PH](=O)OCC. The summed E-state index contributed by atoms with van der Waals surface area (Å²) in [6.45, 7) is 5.64. The Morgan fingerprint density at radius 1 is 1.48 bits per heavy atom. The maximum absolute atomic E-state index is 12.3. The molecule has 1 aromatic carbocycles. The molecule has 1 aromatic rings. The number of primary amides is 1. The van der Waals surface area contributed by atoms with Gasteiger partial charge in [-0.25, -0.2) is 4.79 Å². The second kappa shape index (κ2) is 8.32. The second-order valence-electron chi connectivity index (χ2n) is 5.86. The summed E-state index contributed by atoms with van der Waals surface area (Å²) in [5, 5.41) is 2.67. The van der Waals surface area contributed by atoms with Crippen LogP contribution in [-0.2, 0) is 25.2 Å². The number of nitrogens with one attached hydrogen (secondary N) is 1. The van der Waals surface area contributed by atoms with Crippen molar-refractivity contribution in [3.8, 4) is 0 Å². The molecule has 1 fully saturated rings. The van der Waals surface area contributed by atoms with Crippen LogP contribution in [0.5, 0.6) is 0 Å². The van der Waals surface area contributed by atoms with Crippen LogP contribution < -0.4 is 11.1 Å². The molecule has 7 nitrogen and oxygen atoms in total. The van der Waals surface area contributed by atoms with Gasteiger partial charge < -0.3 is 20.3 Å². The van der Waals surface area contributed by atoms with Gasteiger partial charge in [0.2, 0.25) is 13.9 Å². The molecular formula is C17H23N2O5P. The summed E-state index contributed by atoms with van der Waals surface area (Å²) in [7, 11) is -2.77. The first-order valence-electron chi connectivity index (χ1n) is 8.02. The second-order valence-corrected chi connectivity index (χ2v) is 7.36. The lowest BCUT2D eigenvalue weighted by Gasteiger charge is -2.25. The predicted octanol–water partition coefficient (Wildman–Crippen LogP) is 2.22. The molecule has 0 spiro atoms. The van der Waals surface area contributed by atoms with Crippen LogP contribution in [0.15, 0.2) is 43.0 Å². The Labute approximate surface area is 147 Å². The minimum absolute atomic E-state index is 0.0867. The molecule has 0 radical (unpaired) electrons. The number of alkyl carbamates (subject to hydrolysis) is 1. The van der Waals surface area contributed by atoms with Crippen LogP contribution in [0, 0.1) is 5.92 Å². The van der Waals surface area contributed by atoms with E-state index in [0.717, 1.165) is 5.56 Å². The molecule has 136 valence electrons. The molecule has 0 heterocycles. The molecule has 1 saturated carbocycles. The third-order valence-corrected chi connectivity index (χ3v) is 6.06. The maximum Gasteiger partial charge on any atom is 0.407 e. The number of carbonyl (C=O) groups excluding carboxylic acids is 2. The molecule has 2 amide bonds. The smallest absolute Gasteiger partial charge is 0.407 e. The average molecular weight is 366 g/mol. The third kappa shape index (κ3) is 4.50. The van der Waals surface area contributed by atoms with Crippen molar-refractivity contribution in [1.82, 2.24) is 5.32 Å². The van der Waals surface area contributed by atoms with Gasteiger partial charge in [-0.15, -0.1) is 6.58 Å². The predicted molar refractivity (Wildman–Crippen MR) is 94.4 cm³/mol. The highest BCUT2D eigenvalue weighted by molar-refractivity contribution is 7.41. The number of carbonyl (C=O) groups is 2. The molecule has 0 saturated heterocycles. The summed E-state index contributed by atoms with van der Waals surface area (Å²) >= 11 is 0. The Hall–Kier alpha value is -2.11. The van der Waals surface area contributed by atoms with Gasteiger partial charge in [-0.3, -0.25) is 9.36 Å². The van der Waals surface area contributed by atoms with E-state index in [1.54, 1.807) is 13.0 Å². The van der Waals surface area contributed by atoms with Crippen LogP contribution in [0.3, 0.4) is 0 Å². The lowest BCUT2D eigenvalue weighted by atomic mass is 10.1. The normalized spacial score (nSPS) is 24.0. The zero-order valence-corrected chi connectivity index (χ0v) is 15.1. The molecule has 4 atom stereocenters. The van der Waals surface area contributed by atoms with Gasteiger partial charge in [0, 0.05) is 5.92 Å². The van der Waals surface area contributed by atoms with Gasteiger partial charge in [-0.2, -0.15) is 0 Å². The monoisotopic (exact) mass is 366 g/mol. The van der Waals surface area contributed by atoms with Crippen molar-refractivity contribution in [3.63, 3.8) is 0 Å². The topological polar surface area (TPSA) is 108 Å². The van der Waals surface area contributed by atoms with E-state index in [4.69, 9.17) is 15.0 Å². The first-order chi connectivity index (χ1) is 11.9. The molecule has 3 N–H and O–H groups in total. The first kappa shape index (κ1) is 19.2. The van der Waals surface area contributed by atoms with Gasteiger partial charge >= 0.3 is 6.09 Å². The molecule has 8 heteroatoms. The van der Waals surface area contributed by atoms with Crippen molar-refractivity contribution in [2.75, 3.05) is 6.61 Å². The molecule has 4 unspecified atom stereocenters. The van der Waals surface area contributed by atoms with Crippen LogP contribution >= 0.6 is 8.03 Å². The van der Waals surface area contributed by atoms with Gasteiger partial charge in [-0.1, -0.05) is 36.4 Å². The van der Waals surface area contributed by atoms with Crippen LogP contribution in [0.25, 0.3) is 0 Å². The number of hydrogen-bond acceptors (Lipinski definition) is 5. The van der Waals surface area contributed by atoms with E-state index in [2.05, 4.69) is 11.9 Å². The fourth-order valence-electron chi connectivity index (χ4n) is 2.90. The zero-order valence-electron chi connectivity index (χ0n) is 14.1. The summed E-state index contributed by atoms with van der Waals surface area (Å²) in [6, 6.07) is 9.19. The van der Waals surface area contributed by atoms with Crippen molar-refractivity contribution in [1.29, 1.82) is 0 Å². The first-order valence-corrected chi connectivity index (χ1v) is 9.41. The molecule has 2 rings (SSSR count). The van der Waals surface area contributed by atoms with Crippen molar-refractivity contribution in [2.24, 2.45) is 11.7 Å². The largest absolute Gasteiger partial charge is 0.445 e. The molecule has 1 aliphatic carbocycles. The van der Waals surface area contributed by atoms with E-state index in [9.17, 15) is 14.2 Å².